The van der Waals surface area contributed by atoms with E-state index in [0.717, 1.165) is 41.3 Å². The molecule has 8 heteroatoms. The smallest absolute Gasteiger partial charge is 0.259 e. The fourth-order valence-corrected chi connectivity index (χ4v) is 5.71. The molecule has 1 fully saturated rings. The maximum atomic E-state index is 12.7. The fourth-order valence-electron chi connectivity index (χ4n) is 3.90. The second-order valence-electron chi connectivity index (χ2n) is 8.14. The van der Waals surface area contributed by atoms with Crippen LogP contribution in [0, 0.1) is 13.8 Å². The van der Waals surface area contributed by atoms with Crippen LogP contribution in [-0.4, -0.2) is 45.2 Å². The number of rotatable bonds is 7. The first-order valence-corrected chi connectivity index (χ1v) is 12.4. The third-order valence-electron chi connectivity index (χ3n) is 5.80. The molecule has 0 spiro atoms. The Balaban J connectivity index is 1.28. The van der Waals surface area contributed by atoms with Gasteiger partial charge in [0.25, 0.3) is 5.56 Å². The molecule has 2 aromatic heterocycles. The quantitative estimate of drug-likeness (QED) is 0.568. The van der Waals surface area contributed by atoms with Gasteiger partial charge in [-0.2, -0.15) is 0 Å². The van der Waals surface area contributed by atoms with Gasteiger partial charge in [-0.25, -0.2) is 4.98 Å². The average molecular weight is 457 g/mol. The van der Waals surface area contributed by atoms with Crippen LogP contribution >= 0.6 is 23.1 Å². The molecule has 1 aliphatic rings. The molecular weight excluding hydrogens is 428 g/mol. The number of thioether (sulfide) groups is 1. The van der Waals surface area contributed by atoms with Crippen molar-refractivity contribution in [1.82, 2.24) is 20.2 Å². The van der Waals surface area contributed by atoms with E-state index in [2.05, 4.69) is 44.5 Å². The SMILES string of the molecule is Cc1sc2nc(CS[C@H](C)C(=O)N[C@@H]3CCN(Cc4ccccc4)C3)[nH]c(=O)c2c1C. The summed E-state index contributed by atoms with van der Waals surface area (Å²) in [6, 6.07) is 10.6. The van der Waals surface area contributed by atoms with E-state index < -0.39 is 0 Å². The van der Waals surface area contributed by atoms with E-state index in [1.54, 1.807) is 11.3 Å². The highest BCUT2D eigenvalue weighted by molar-refractivity contribution is 7.99. The highest BCUT2D eigenvalue weighted by atomic mass is 32.2. The molecule has 1 saturated heterocycles. The summed E-state index contributed by atoms with van der Waals surface area (Å²) in [6.07, 6.45) is 0.971. The summed E-state index contributed by atoms with van der Waals surface area (Å²) >= 11 is 3.04. The Kier molecular flexibility index (Phi) is 6.79. The largest absolute Gasteiger partial charge is 0.351 e. The first kappa shape index (κ1) is 22.0. The van der Waals surface area contributed by atoms with Crippen LogP contribution in [0.5, 0.6) is 0 Å². The minimum absolute atomic E-state index is 0.0443. The van der Waals surface area contributed by atoms with Crippen LogP contribution in [0.4, 0.5) is 0 Å². The lowest BCUT2D eigenvalue weighted by atomic mass is 10.2. The number of benzene rings is 1. The van der Waals surface area contributed by atoms with Crippen LogP contribution < -0.4 is 10.9 Å². The van der Waals surface area contributed by atoms with E-state index in [9.17, 15) is 9.59 Å². The number of thiophene rings is 1. The summed E-state index contributed by atoms with van der Waals surface area (Å²) in [5.41, 5.74) is 2.20. The number of nitrogens with one attached hydrogen (secondary N) is 2. The van der Waals surface area contributed by atoms with Crippen LogP contribution in [-0.2, 0) is 17.1 Å². The van der Waals surface area contributed by atoms with Gasteiger partial charge in [0.05, 0.1) is 16.4 Å². The zero-order valence-electron chi connectivity index (χ0n) is 18.1. The second-order valence-corrected chi connectivity index (χ2v) is 10.7. The Morgan fingerprint density at radius 1 is 1.35 bits per heavy atom. The van der Waals surface area contributed by atoms with Crippen molar-refractivity contribution in [3.05, 3.63) is 62.5 Å². The summed E-state index contributed by atoms with van der Waals surface area (Å²) in [6.45, 7) is 8.65. The van der Waals surface area contributed by atoms with Gasteiger partial charge in [0, 0.05) is 30.6 Å². The highest BCUT2D eigenvalue weighted by Gasteiger charge is 2.25. The Labute approximate surface area is 190 Å². The van der Waals surface area contributed by atoms with Gasteiger partial charge in [-0.3, -0.25) is 14.5 Å². The molecule has 31 heavy (non-hydrogen) atoms. The van der Waals surface area contributed by atoms with E-state index in [0.29, 0.717) is 17.0 Å². The number of aromatic nitrogens is 2. The van der Waals surface area contributed by atoms with Crippen LogP contribution in [0.3, 0.4) is 0 Å². The molecule has 0 aliphatic carbocycles. The number of aryl methyl sites for hydroxylation is 2. The van der Waals surface area contributed by atoms with Gasteiger partial charge >= 0.3 is 0 Å². The van der Waals surface area contributed by atoms with Crippen molar-refractivity contribution in [1.29, 1.82) is 0 Å². The average Bonchev–Trinajstić information content (AvgIpc) is 3.30. The van der Waals surface area contributed by atoms with Gasteiger partial charge in [0.15, 0.2) is 0 Å². The van der Waals surface area contributed by atoms with Crippen molar-refractivity contribution in [3.63, 3.8) is 0 Å². The van der Waals surface area contributed by atoms with Gasteiger partial charge in [-0.1, -0.05) is 30.3 Å². The first-order chi connectivity index (χ1) is 14.9. The highest BCUT2D eigenvalue weighted by Crippen LogP contribution is 2.26. The molecule has 3 heterocycles. The Hall–Kier alpha value is -2.16. The van der Waals surface area contributed by atoms with Crippen molar-refractivity contribution < 1.29 is 4.79 Å². The molecule has 3 aromatic rings. The van der Waals surface area contributed by atoms with E-state index in [4.69, 9.17) is 0 Å². The molecular formula is C23H28N4O2S2. The van der Waals surface area contributed by atoms with Crippen molar-refractivity contribution >= 4 is 39.2 Å². The summed E-state index contributed by atoms with van der Waals surface area (Å²) in [4.78, 5) is 36.9. The molecule has 2 atom stereocenters. The zero-order chi connectivity index (χ0) is 22.0. The molecule has 4 rings (SSSR count). The third kappa shape index (κ3) is 5.19. The molecule has 0 unspecified atom stereocenters. The fraction of sp³-hybridized carbons (Fsp3) is 0.435. The predicted octanol–water partition coefficient (Wildman–Crippen LogP) is 3.61. The summed E-state index contributed by atoms with van der Waals surface area (Å²) < 4.78 is 0. The Morgan fingerprint density at radius 3 is 2.90 bits per heavy atom. The number of fused-ring (bicyclic) bond motifs is 1. The zero-order valence-corrected chi connectivity index (χ0v) is 19.7. The Bertz CT molecular complexity index is 1130. The topological polar surface area (TPSA) is 78.1 Å². The number of amides is 1. The van der Waals surface area contributed by atoms with Crippen LogP contribution in [0.2, 0.25) is 0 Å². The summed E-state index contributed by atoms with van der Waals surface area (Å²) in [5.74, 6) is 1.17. The van der Waals surface area contributed by atoms with Crippen molar-refractivity contribution in [2.75, 3.05) is 13.1 Å². The van der Waals surface area contributed by atoms with Crippen LogP contribution in [0.15, 0.2) is 35.1 Å². The number of hydrogen-bond donors (Lipinski definition) is 2. The van der Waals surface area contributed by atoms with Crippen molar-refractivity contribution in [3.8, 4) is 0 Å². The number of nitrogens with zero attached hydrogens (tertiary/aromatic N) is 2. The van der Waals surface area contributed by atoms with Gasteiger partial charge in [-0.15, -0.1) is 23.1 Å². The van der Waals surface area contributed by atoms with E-state index in [1.165, 1.54) is 17.3 Å². The van der Waals surface area contributed by atoms with Crippen LogP contribution in [0.25, 0.3) is 10.2 Å². The van der Waals surface area contributed by atoms with Crippen molar-refractivity contribution in [2.24, 2.45) is 0 Å². The van der Waals surface area contributed by atoms with E-state index in [-0.39, 0.29) is 22.8 Å². The number of carbonyl (C=O) groups excluding carboxylic acids is 1. The first-order valence-electron chi connectivity index (χ1n) is 10.6. The van der Waals surface area contributed by atoms with Gasteiger partial charge in [-0.05, 0) is 38.3 Å². The van der Waals surface area contributed by atoms with E-state index >= 15 is 0 Å². The molecule has 164 valence electrons. The normalized spacial score (nSPS) is 17.8. The second kappa shape index (κ2) is 9.54. The summed E-state index contributed by atoms with van der Waals surface area (Å²) in [5, 5.41) is 3.66. The standard InChI is InChI=1S/C23H28N4O2S2/c1-14-15(2)31-23-20(14)22(29)25-19(26-23)13-30-16(3)21(28)24-18-9-10-27(12-18)11-17-7-5-4-6-8-17/h4-8,16,18H,9-13H2,1-3H3,(H,24,28)(H,25,26,29)/t16-,18-/m1/s1. The van der Waals surface area contributed by atoms with Crippen molar-refractivity contribution in [2.45, 2.75) is 50.8 Å². The van der Waals surface area contributed by atoms with Crippen LogP contribution in [0.1, 0.15) is 35.2 Å². The predicted molar refractivity (Wildman–Crippen MR) is 129 cm³/mol. The lowest BCUT2D eigenvalue weighted by Gasteiger charge is -2.18. The number of aromatic amines is 1. The molecule has 2 N–H and O–H groups in total. The molecule has 0 radical (unpaired) electrons. The lowest BCUT2D eigenvalue weighted by Crippen LogP contribution is -2.40. The molecule has 1 amide bonds. The number of likely N-dealkylation sites (tertiary alicyclic amines) is 1. The van der Waals surface area contributed by atoms with Gasteiger partial charge in [0.1, 0.15) is 10.7 Å². The monoisotopic (exact) mass is 456 g/mol. The molecule has 6 nitrogen and oxygen atoms in total. The van der Waals surface area contributed by atoms with E-state index in [1.807, 2.05) is 26.8 Å². The van der Waals surface area contributed by atoms with Gasteiger partial charge in [0.2, 0.25) is 5.91 Å². The Morgan fingerprint density at radius 2 is 2.13 bits per heavy atom. The molecule has 1 aromatic carbocycles. The summed E-state index contributed by atoms with van der Waals surface area (Å²) in [7, 11) is 0. The number of H-pyrrole nitrogens is 1. The maximum Gasteiger partial charge on any atom is 0.259 e. The molecule has 1 aliphatic heterocycles. The minimum Gasteiger partial charge on any atom is -0.351 e. The number of hydrogen-bond acceptors (Lipinski definition) is 6. The molecule has 0 saturated carbocycles. The lowest BCUT2D eigenvalue weighted by molar-refractivity contribution is -0.120. The third-order valence-corrected chi connectivity index (χ3v) is 8.05. The minimum atomic E-state index is -0.212. The number of carbonyl (C=O) groups is 1. The maximum absolute atomic E-state index is 12.7. The van der Waals surface area contributed by atoms with Gasteiger partial charge < -0.3 is 10.3 Å². The molecule has 0 bridgehead atoms.